The van der Waals surface area contributed by atoms with E-state index in [9.17, 15) is 5.11 Å². The van der Waals surface area contributed by atoms with Crippen molar-refractivity contribution in [3.63, 3.8) is 0 Å². The van der Waals surface area contributed by atoms with Gasteiger partial charge >= 0.3 is 0 Å². The summed E-state index contributed by atoms with van der Waals surface area (Å²) in [5.41, 5.74) is 8.15. The number of aromatic nitrogens is 3. The molecule has 1 atom stereocenters. The van der Waals surface area contributed by atoms with Crippen LogP contribution in [0.15, 0.2) is 41.9 Å². The second-order valence-electron chi connectivity index (χ2n) is 7.16. The van der Waals surface area contributed by atoms with Crippen molar-refractivity contribution in [1.82, 2.24) is 20.1 Å². The number of fused-ring (bicyclic) bond motifs is 2. The summed E-state index contributed by atoms with van der Waals surface area (Å²) in [6, 6.07) is 13.5. The molecule has 2 aromatic heterocycles. The van der Waals surface area contributed by atoms with Crippen LogP contribution >= 0.6 is 22.7 Å². The summed E-state index contributed by atoms with van der Waals surface area (Å²) >= 11 is 2.91. The first-order valence-corrected chi connectivity index (χ1v) is 11.1. The molecule has 1 unspecified atom stereocenters. The van der Waals surface area contributed by atoms with Gasteiger partial charge in [0.05, 0.1) is 15.7 Å². The highest BCUT2D eigenvalue weighted by molar-refractivity contribution is 7.16. The Labute approximate surface area is 171 Å². The largest absolute Gasteiger partial charge is 0.485 e. The Hall–Kier alpha value is -2.35. The highest BCUT2D eigenvalue weighted by Gasteiger charge is 2.21. The summed E-state index contributed by atoms with van der Waals surface area (Å²) in [6.07, 6.45) is 2.05. The number of hydrogen-bond donors (Lipinski definition) is 1. The van der Waals surface area contributed by atoms with Crippen LogP contribution in [0.3, 0.4) is 0 Å². The molecule has 28 heavy (non-hydrogen) atoms. The molecule has 0 fully saturated rings. The van der Waals surface area contributed by atoms with Gasteiger partial charge in [0.25, 0.3) is 5.19 Å². The fourth-order valence-electron chi connectivity index (χ4n) is 3.94. The molecular weight excluding hydrogens is 388 g/mol. The van der Waals surface area contributed by atoms with E-state index in [0.29, 0.717) is 6.04 Å². The van der Waals surface area contributed by atoms with E-state index in [4.69, 9.17) is 0 Å². The third-order valence-electron chi connectivity index (χ3n) is 5.59. The minimum absolute atomic E-state index is 0.0158. The van der Waals surface area contributed by atoms with Gasteiger partial charge in [-0.3, -0.25) is 4.90 Å². The van der Waals surface area contributed by atoms with E-state index in [1.165, 1.54) is 32.7 Å². The van der Waals surface area contributed by atoms with Crippen LogP contribution in [0.4, 0.5) is 0 Å². The van der Waals surface area contributed by atoms with Crippen LogP contribution in [-0.4, -0.2) is 38.3 Å². The standard InChI is InChI=1S/C21H20N4OS2/c1-13(15-4-5-19-18(11-15)22-12-27-19)25-8-6-14-2-3-17(10-16(14)7-9-25)20-23-24-21(26)28-20/h2-5,10-13H,6-9H2,1H3,(H,24,26). The summed E-state index contributed by atoms with van der Waals surface area (Å²) in [5.74, 6) is 0. The summed E-state index contributed by atoms with van der Waals surface area (Å²) in [6.45, 7) is 4.36. The van der Waals surface area contributed by atoms with E-state index >= 15 is 0 Å². The van der Waals surface area contributed by atoms with Gasteiger partial charge in [0.2, 0.25) is 0 Å². The van der Waals surface area contributed by atoms with Gasteiger partial charge in [0.15, 0.2) is 5.01 Å². The molecule has 142 valence electrons. The van der Waals surface area contributed by atoms with E-state index in [0.717, 1.165) is 42.0 Å². The van der Waals surface area contributed by atoms with Crippen LogP contribution in [-0.2, 0) is 12.8 Å². The fraction of sp³-hybridized carbons (Fsp3) is 0.286. The van der Waals surface area contributed by atoms with Crippen LogP contribution in [0.1, 0.15) is 29.7 Å². The quantitative estimate of drug-likeness (QED) is 0.533. The number of hydrogen-bond acceptors (Lipinski definition) is 7. The topological polar surface area (TPSA) is 62.1 Å². The van der Waals surface area contributed by atoms with Crippen LogP contribution < -0.4 is 0 Å². The van der Waals surface area contributed by atoms with E-state index in [-0.39, 0.29) is 5.19 Å². The van der Waals surface area contributed by atoms with E-state index < -0.39 is 0 Å². The maximum atomic E-state index is 9.49. The van der Waals surface area contributed by atoms with Gasteiger partial charge in [-0.25, -0.2) is 4.98 Å². The SMILES string of the molecule is CC(c1ccc2scnc2c1)N1CCc2ccc(-c3nnc(O)s3)cc2CC1. The first kappa shape index (κ1) is 17.7. The molecule has 2 aromatic carbocycles. The van der Waals surface area contributed by atoms with Gasteiger partial charge in [-0.15, -0.1) is 16.4 Å². The third kappa shape index (κ3) is 3.30. The van der Waals surface area contributed by atoms with Gasteiger partial charge in [-0.2, -0.15) is 0 Å². The molecule has 5 rings (SSSR count). The van der Waals surface area contributed by atoms with Crippen LogP contribution in [0.25, 0.3) is 20.8 Å². The Morgan fingerprint density at radius 1 is 1.04 bits per heavy atom. The molecule has 1 N–H and O–H groups in total. The number of nitrogens with zero attached hydrogens (tertiary/aromatic N) is 4. The first-order chi connectivity index (χ1) is 13.7. The van der Waals surface area contributed by atoms with Crippen molar-refractivity contribution >= 4 is 32.9 Å². The van der Waals surface area contributed by atoms with Crippen molar-refractivity contribution in [2.24, 2.45) is 0 Å². The molecule has 1 aliphatic heterocycles. The second kappa shape index (κ2) is 7.24. The maximum Gasteiger partial charge on any atom is 0.291 e. The smallest absolute Gasteiger partial charge is 0.291 e. The van der Waals surface area contributed by atoms with Crippen molar-refractivity contribution in [3.05, 3.63) is 58.6 Å². The lowest BCUT2D eigenvalue weighted by molar-refractivity contribution is 0.221. The van der Waals surface area contributed by atoms with Crippen molar-refractivity contribution < 1.29 is 5.11 Å². The highest BCUT2D eigenvalue weighted by atomic mass is 32.1. The molecule has 5 nitrogen and oxygen atoms in total. The average Bonchev–Trinajstić information content (AvgIpc) is 3.30. The molecule has 7 heteroatoms. The molecule has 0 saturated heterocycles. The van der Waals surface area contributed by atoms with Crippen LogP contribution in [0, 0.1) is 0 Å². The average molecular weight is 409 g/mol. The monoisotopic (exact) mass is 408 g/mol. The molecule has 0 aliphatic carbocycles. The van der Waals surface area contributed by atoms with Gasteiger partial charge in [0, 0.05) is 24.7 Å². The molecule has 0 radical (unpaired) electrons. The lowest BCUT2D eigenvalue weighted by atomic mass is 10.0. The minimum atomic E-state index is 0.0158. The predicted octanol–water partition coefficient (Wildman–Crippen LogP) is 4.68. The van der Waals surface area contributed by atoms with Gasteiger partial charge in [0.1, 0.15) is 0 Å². The number of rotatable bonds is 3. The molecule has 0 amide bonds. The minimum Gasteiger partial charge on any atom is -0.485 e. The Morgan fingerprint density at radius 2 is 1.89 bits per heavy atom. The molecular formula is C21H20N4OS2. The van der Waals surface area contributed by atoms with Crippen LogP contribution in [0.2, 0.25) is 0 Å². The predicted molar refractivity (Wildman–Crippen MR) is 114 cm³/mol. The third-order valence-corrected chi connectivity index (χ3v) is 7.17. The Morgan fingerprint density at radius 3 is 2.71 bits per heavy atom. The van der Waals surface area contributed by atoms with E-state index in [2.05, 4.69) is 63.4 Å². The molecule has 0 saturated carbocycles. The molecule has 0 spiro atoms. The Kier molecular flexibility index (Phi) is 4.58. The maximum absolute atomic E-state index is 9.49. The normalized spacial score (nSPS) is 16.0. The van der Waals surface area contributed by atoms with Crippen LogP contribution in [0.5, 0.6) is 5.19 Å². The number of aromatic hydroxyl groups is 1. The van der Waals surface area contributed by atoms with Gasteiger partial charge in [-0.1, -0.05) is 34.6 Å². The summed E-state index contributed by atoms with van der Waals surface area (Å²) < 4.78 is 1.24. The summed E-state index contributed by atoms with van der Waals surface area (Å²) in [5, 5.41) is 18.1. The summed E-state index contributed by atoms with van der Waals surface area (Å²) in [7, 11) is 0. The lowest BCUT2D eigenvalue weighted by Crippen LogP contribution is -2.29. The zero-order chi connectivity index (χ0) is 19.1. The Balaban J connectivity index is 1.36. The number of thiazole rings is 1. The van der Waals surface area contributed by atoms with E-state index in [1.54, 1.807) is 11.3 Å². The van der Waals surface area contributed by atoms with E-state index in [1.807, 2.05) is 5.51 Å². The molecule has 0 bridgehead atoms. The number of benzene rings is 2. The van der Waals surface area contributed by atoms with Crippen molar-refractivity contribution in [2.75, 3.05) is 13.1 Å². The fourth-order valence-corrected chi connectivity index (χ4v) is 5.18. The van der Waals surface area contributed by atoms with Gasteiger partial charge in [-0.05, 0) is 54.7 Å². The highest BCUT2D eigenvalue weighted by Crippen LogP contribution is 2.31. The van der Waals surface area contributed by atoms with Gasteiger partial charge < -0.3 is 5.11 Å². The second-order valence-corrected chi connectivity index (χ2v) is 9.01. The Bertz CT molecular complexity index is 1140. The lowest BCUT2D eigenvalue weighted by Gasteiger charge is -2.28. The molecule has 3 heterocycles. The first-order valence-electron chi connectivity index (χ1n) is 9.39. The van der Waals surface area contributed by atoms with Crippen molar-refractivity contribution in [2.45, 2.75) is 25.8 Å². The summed E-state index contributed by atoms with van der Waals surface area (Å²) in [4.78, 5) is 7.03. The molecule has 1 aliphatic rings. The molecule has 4 aromatic rings. The zero-order valence-electron chi connectivity index (χ0n) is 15.5. The van der Waals surface area contributed by atoms with Crippen molar-refractivity contribution in [1.29, 1.82) is 0 Å². The van der Waals surface area contributed by atoms with Crippen molar-refractivity contribution in [3.8, 4) is 15.8 Å². The zero-order valence-corrected chi connectivity index (χ0v) is 17.1.